The molecular weight excluding hydrogens is 294 g/mol. The fourth-order valence-electron chi connectivity index (χ4n) is 2.97. The minimum absolute atomic E-state index is 0.0613. The standard InChI is InChI=1S/C18H21NO4/c1-18(2)22-16(20)14(17(21)23-18)12-13-8-4-5-9-15(13)19-10-6-3-7-11-19/h4-5,8-9,12H,3,6-7,10-11H2,1-2H3. The molecule has 1 aromatic rings. The molecule has 5 heteroatoms. The van der Waals surface area contributed by atoms with E-state index in [0.717, 1.165) is 37.2 Å². The van der Waals surface area contributed by atoms with Gasteiger partial charge < -0.3 is 14.4 Å². The first-order valence-corrected chi connectivity index (χ1v) is 7.99. The Morgan fingerprint density at radius 2 is 1.61 bits per heavy atom. The fourth-order valence-corrected chi connectivity index (χ4v) is 2.97. The molecule has 0 N–H and O–H groups in total. The van der Waals surface area contributed by atoms with E-state index >= 15 is 0 Å². The Kier molecular flexibility index (Phi) is 4.11. The van der Waals surface area contributed by atoms with Crippen molar-refractivity contribution in [2.24, 2.45) is 0 Å². The van der Waals surface area contributed by atoms with Crippen LogP contribution in [0.3, 0.4) is 0 Å². The van der Waals surface area contributed by atoms with Crippen LogP contribution >= 0.6 is 0 Å². The molecule has 0 spiro atoms. The second-order valence-corrected chi connectivity index (χ2v) is 6.34. The summed E-state index contributed by atoms with van der Waals surface area (Å²) in [5.41, 5.74) is 1.80. The zero-order chi connectivity index (χ0) is 16.4. The quantitative estimate of drug-likeness (QED) is 0.477. The Morgan fingerprint density at radius 1 is 1.00 bits per heavy atom. The van der Waals surface area contributed by atoms with Crippen LogP contribution in [0, 0.1) is 0 Å². The molecule has 2 saturated heterocycles. The van der Waals surface area contributed by atoms with Gasteiger partial charge >= 0.3 is 11.9 Å². The monoisotopic (exact) mass is 315 g/mol. The minimum Gasteiger partial charge on any atom is -0.419 e. The number of anilines is 1. The minimum atomic E-state index is -1.21. The summed E-state index contributed by atoms with van der Waals surface area (Å²) in [4.78, 5) is 26.5. The molecule has 2 heterocycles. The first kappa shape index (κ1) is 15.6. The molecule has 2 aliphatic rings. The molecule has 0 unspecified atom stereocenters. The van der Waals surface area contributed by atoms with Crippen molar-refractivity contribution in [1.29, 1.82) is 0 Å². The van der Waals surface area contributed by atoms with E-state index < -0.39 is 17.7 Å². The molecular formula is C18H21NO4. The number of piperidine rings is 1. The normalized spacial score (nSPS) is 20.8. The Hall–Kier alpha value is -2.30. The number of carbonyl (C=O) groups is 2. The molecule has 2 aliphatic heterocycles. The van der Waals surface area contributed by atoms with Gasteiger partial charge in [-0.25, -0.2) is 9.59 Å². The molecule has 0 atom stereocenters. The van der Waals surface area contributed by atoms with Gasteiger partial charge in [0, 0.05) is 32.6 Å². The maximum absolute atomic E-state index is 12.1. The average Bonchev–Trinajstić information content (AvgIpc) is 2.51. The number of nitrogens with zero attached hydrogens (tertiary/aromatic N) is 1. The molecule has 122 valence electrons. The summed E-state index contributed by atoms with van der Waals surface area (Å²) in [7, 11) is 0. The first-order valence-electron chi connectivity index (χ1n) is 7.99. The lowest BCUT2D eigenvalue weighted by molar-refractivity contribution is -0.222. The van der Waals surface area contributed by atoms with Crippen molar-refractivity contribution in [3.8, 4) is 0 Å². The highest BCUT2D eigenvalue weighted by molar-refractivity contribution is 6.19. The van der Waals surface area contributed by atoms with Crippen molar-refractivity contribution in [2.75, 3.05) is 18.0 Å². The number of para-hydroxylation sites is 1. The largest absolute Gasteiger partial charge is 0.419 e. The van der Waals surface area contributed by atoms with E-state index in [1.807, 2.05) is 24.3 Å². The fraction of sp³-hybridized carbons (Fsp3) is 0.444. The van der Waals surface area contributed by atoms with Crippen molar-refractivity contribution >= 4 is 23.7 Å². The van der Waals surface area contributed by atoms with E-state index in [2.05, 4.69) is 4.90 Å². The van der Waals surface area contributed by atoms with Gasteiger partial charge in [-0.05, 0) is 37.0 Å². The van der Waals surface area contributed by atoms with Gasteiger partial charge in [0.25, 0.3) is 5.79 Å². The van der Waals surface area contributed by atoms with E-state index in [9.17, 15) is 9.59 Å². The summed E-state index contributed by atoms with van der Waals surface area (Å²) in [6.45, 7) is 5.06. The lowest BCUT2D eigenvalue weighted by Crippen LogP contribution is -2.41. The zero-order valence-electron chi connectivity index (χ0n) is 13.5. The zero-order valence-corrected chi connectivity index (χ0v) is 13.5. The van der Waals surface area contributed by atoms with Gasteiger partial charge in [0.15, 0.2) is 0 Å². The van der Waals surface area contributed by atoms with Crippen LogP contribution in [0.25, 0.3) is 6.08 Å². The van der Waals surface area contributed by atoms with E-state index in [-0.39, 0.29) is 5.57 Å². The molecule has 0 amide bonds. The highest BCUT2D eigenvalue weighted by Gasteiger charge is 2.39. The van der Waals surface area contributed by atoms with Crippen LogP contribution in [0.15, 0.2) is 29.8 Å². The van der Waals surface area contributed by atoms with Crippen LogP contribution in [0.2, 0.25) is 0 Å². The smallest absolute Gasteiger partial charge is 0.348 e. The lowest BCUT2D eigenvalue weighted by Gasteiger charge is -2.31. The maximum Gasteiger partial charge on any atom is 0.348 e. The molecule has 0 aliphatic carbocycles. The Labute approximate surface area is 135 Å². The summed E-state index contributed by atoms with van der Waals surface area (Å²) in [5.74, 6) is -2.49. The van der Waals surface area contributed by atoms with Gasteiger partial charge in [0.05, 0.1) is 0 Å². The number of hydrogen-bond donors (Lipinski definition) is 0. The highest BCUT2D eigenvalue weighted by atomic mass is 16.7. The number of ether oxygens (including phenoxy) is 2. The van der Waals surface area contributed by atoms with E-state index in [0.29, 0.717) is 0 Å². The summed E-state index contributed by atoms with van der Waals surface area (Å²) >= 11 is 0. The van der Waals surface area contributed by atoms with Crippen LogP contribution in [-0.2, 0) is 19.1 Å². The third-order valence-electron chi connectivity index (χ3n) is 4.05. The van der Waals surface area contributed by atoms with Crippen LogP contribution in [0.1, 0.15) is 38.7 Å². The lowest BCUT2D eigenvalue weighted by atomic mass is 10.0. The second-order valence-electron chi connectivity index (χ2n) is 6.34. The van der Waals surface area contributed by atoms with Crippen molar-refractivity contribution in [2.45, 2.75) is 38.9 Å². The Balaban J connectivity index is 1.93. The molecule has 1 aromatic carbocycles. The number of rotatable bonds is 2. The first-order chi connectivity index (χ1) is 11.0. The van der Waals surface area contributed by atoms with Crippen LogP contribution < -0.4 is 4.90 Å². The second kappa shape index (κ2) is 6.07. The number of hydrogen-bond acceptors (Lipinski definition) is 5. The van der Waals surface area contributed by atoms with Gasteiger partial charge in [-0.1, -0.05) is 18.2 Å². The molecule has 0 radical (unpaired) electrons. The van der Waals surface area contributed by atoms with Crippen molar-refractivity contribution in [1.82, 2.24) is 0 Å². The third-order valence-corrected chi connectivity index (χ3v) is 4.05. The number of esters is 2. The Bertz CT molecular complexity index is 635. The predicted octanol–water partition coefficient (Wildman–Crippen LogP) is 2.90. The van der Waals surface area contributed by atoms with Gasteiger partial charge in [0.1, 0.15) is 5.57 Å². The summed E-state index contributed by atoms with van der Waals surface area (Å²) < 4.78 is 10.3. The summed E-state index contributed by atoms with van der Waals surface area (Å²) in [6.07, 6.45) is 5.13. The van der Waals surface area contributed by atoms with Crippen molar-refractivity contribution in [3.05, 3.63) is 35.4 Å². The molecule has 2 fully saturated rings. The molecule has 23 heavy (non-hydrogen) atoms. The van der Waals surface area contributed by atoms with Crippen molar-refractivity contribution < 1.29 is 19.1 Å². The predicted molar refractivity (Wildman–Crippen MR) is 86.7 cm³/mol. The van der Waals surface area contributed by atoms with Gasteiger partial charge in [0.2, 0.25) is 0 Å². The van der Waals surface area contributed by atoms with Gasteiger partial charge in [-0.2, -0.15) is 0 Å². The average molecular weight is 315 g/mol. The Morgan fingerprint density at radius 3 is 2.26 bits per heavy atom. The SMILES string of the molecule is CC1(C)OC(=O)C(=Cc2ccccc2N2CCCCC2)C(=O)O1. The van der Waals surface area contributed by atoms with E-state index in [1.54, 1.807) is 19.9 Å². The molecule has 0 saturated carbocycles. The number of benzene rings is 1. The number of carbonyl (C=O) groups excluding carboxylic acids is 2. The van der Waals surface area contributed by atoms with Crippen LogP contribution in [0.4, 0.5) is 5.69 Å². The van der Waals surface area contributed by atoms with Crippen molar-refractivity contribution in [3.63, 3.8) is 0 Å². The highest BCUT2D eigenvalue weighted by Crippen LogP contribution is 2.29. The van der Waals surface area contributed by atoms with E-state index in [1.165, 1.54) is 6.42 Å². The maximum atomic E-state index is 12.1. The van der Waals surface area contributed by atoms with Crippen LogP contribution in [-0.4, -0.2) is 30.8 Å². The molecule has 5 nitrogen and oxygen atoms in total. The van der Waals surface area contributed by atoms with Crippen LogP contribution in [0.5, 0.6) is 0 Å². The molecule has 3 rings (SSSR count). The third kappa shape index (κ3) is 3.38. The molecule has 0 aromatic heterocycles. The van der Waals surface area contributed by atoms with Gasteiger partial charge in [-0.15, -0.1) is 0 Å². The topological polar surface area (TPSA) is 55.8 Å². The number of cyclic esters (lactones) is 2. The molecule has 0 bridgehead atoms. The van der Waals surface area contributed by atoms with E-state index in [4.69, 9.17) is 9.47 Å². The summed E-state index contributed by atoms with van der Waals surface area (Å²) in [5, 5.41) is 0. The van der Waals surface area contributed by atoms with Gasteiger partial charge in [-0.3, -0.25) is 0 Å². The summed E-state index contributed by atoms with van der Waals surface area (Å²) in [6, 6.07) is 7.77.